The third kappa shape index (κ3) is 13.7. The van der Waals surface area contributed by atoms with E-state index in [1.54, 1.807) is 6.26 Å². The number of primary amides is 1. The fourth-order valence-electron chi connectivity index (χ4n) is 2.89. The number of aliphatic carboxylic acids is 1. The van der Waals surface area contributed by atoms with Gasteiger partial charge in [-0.1, -0.05) is 0 Å². The normalized spacial score (nSPS) is 14.9. The zero-order valence-electron chi connectivity index (χ0n) is 20.4. The van der Waals surface area contributed by atoms with Gasteiger partial charge in [0, 0.05) is 13.0 Å². The summed E-state index contributed by atoms with van der Waals surface area (Å²) in [5.41, 5.74) is 21.3. The van der Waals surface area contributed by atoms with Crippen molar-refractivity contribution in [3.63, 3.8) is 0 Å². The fraction of sp³-hybridized carbons (Fsp3) is 0.700. The molecular weight excluding hydrogens is 496 g/mol. The molecule has 0 aromatic carbocycles. The van der Waals surface area contributed by atoms with Crippen LogP contribution in [-0.4, -0.2) is 94.6 Å². The lowest BCUT2D eigenvalue weighted by Gasteiger charge is -2.26. The van der Waals surface area contributed by atoms with E-state index in [0.717, 1.165) is 0 Å². The van der Waals surface area contributed by atoms with Crippen molar-refractivity contribution < 1.29 is 34.2 Å². The Morgan fingerprint density at radius 3 is 2.03 bits per heavy atom. The molecule has 0 bridgehead atoms. The second-order valence-electron chi connectivity index (χ2n) is 8.03. The van der Waals surface area contributed by atoms with Gasteiger partial charge in [0.05, 0.1) is 12.1 Å². The van der Waals surface area contributed by atoms with Crippen LogP contribution >= 0.6 is 11.8 Å². The summed E-state index contributed by atoms with van der Waals surface area (Å²) in [6, 6.07) is -5.06. The minimum Gasteiger partial charge on any atom is -0.480 e. The van der Waals surface area contributed by atoms with E-state index in [2.05, 4.69) is 20.9 Å². The van der Waals surface area contributed by atoms with Gasteiger partial charge in [0.1, 0.15) is 18.1 Å². The first kappa shape index (κ1) is 32.9. The molecule has 206 valence electrons. The van der Waals surface area contributed by atoms with Crippen LogP contribution in [0.4, 0.5) is 0 Å². The summed E-state index contributed by atoms with van der Waals surface area (Å²) in [5, 5.41) is 26.6. The van der Waals surface area contributed by atoms with E-state index < -0.39 is 59.9 Å². The molecule has 0 saturated heterocycles. The third-order valence-corrected chi connectivity index (χ3v) is 5.55. The number of nitrogens with zero attached hydrogens (tertiary/aromatic N) is 1. The summed E-state index contributed by atoms with van der Waals surface area (Å²) >= 11 is 1.41. The number of aliphatic hydroxyl groups excluding tert-OH is 1. The number of guanidine groups is 1. The lowest BCUT2D eigenvalue weighted by molar-refractivity contribution is -0.142. The number of carboxylic acid groups (broad SMARTS) is 1. The summed E-state index contributed by atoms with van der Waals surface area (Å²) in [7, 11) is 0. The van der Waals surface area contributed by atoms with Crippen molar-refractivity contribution in [3.05, 3.63) is 0 Å². The standard InChI is InChI=1S/C20H38N8O7S/c1-10(29)15(28-16(31)11(21)5-6-14(22)30)18(33)26-12(4-3-8-25-20(23)24)17(32)27-13(19(34)35)7-9-36-2/h10-13,15,29H,3-9,21H2,1-2H3,(H2,22,30)(H,26,33)(H,27,32)(H,28,31)(H,34,35)(H4,23,24,25). The maximum atomic E-state index is 12.9. The number of amides is 4. The van der Waals surface area contributed by atoms with Crippen LogP contribution in [0.25, 0.3) is 0 Å². The Bertz CT molecular complexity index is 792. The number of nitrogens with one attached hydrogen (secondary N) is 3. The highest BCUT2D eigenvalue weighted by Crippen LogP contribution is 2.06. The molecule has 5 unspecified atom stereocenters. The molecule has 5 atom stereocenters. The Labute approximate surface area is 213 Å². The molecular formula is C20H38N8O7S. The molecule has 0 aliphatic carbocycles. The average molecular weight is 535 g/mol. The summed E-state index contributed by atoms with van der Waals surface area (Å²) in [6.45, 7) is 1.39. The van der Waals surface area contributed by atoms with Crippen LogP contribution < -0.4 is 38.9 Å². The number of nitrogens with two attached hydrogens (primary N) is 4. The molecule has 16 heteroatoms. The van der Waals surface area contributed by atoms with Gasteiger partial charge in [-0.25, -0.2) is 4.79 Å². The number of hydrogen-bond donors (Lipinski definition) is 9. The Hall–Kier alpha value is -3.11. The third-order valence-electron chi connectivity index (χ3n) is 4.90. The Kier molecular flexibility index (Phi) is 15.8. The zero-order chi connectivity index (χ0) is 27.8. The van der Waals surface area contributed by atoms with Gasteiger partial charge in [0.25, 0.3) is 0 Å². The molecule has 0 aromatic heterocycles. The van der Waals surface area contributed by atoms with Crippen LogP contribution in [-0.2, 0) is 24.0 Å². The van der Waals surface area contributed by atoms with Crippen LogP contribution in [0.15, 0.2) is 4.99 Å². The van der Waals surface area contributed by atoms with Gasteiger partial charge in [0.2, 0.25) is 23.6 Å². The molecule has 13 N–H and O–H groups in total. The van der Waals surface area contributed by atoms with Crippen molar-refractivity contribution in [2.45, 2.75) is 69.3 Å². The van der Waals surface area contributed by atoms with Gasteiger partial charge in [-0.05, 0) is 44.6 Å². The van der Waals surface area contributed by atoms with Crippen molar-refractivity contribution in [3.8, 4) is 0 Å². The predicted molar refractivity (Wildman–Crippen MR) is 134 cm³/mol. The monoisotopic (exact) mass is 534 g/mol. The molecule has 4 amide bonds. The second kappa shape index (κ2) is 17.3. The maximum absolute atomic E-state index is 12.9. The first-order chi connectivity index (χ1) is 16.8. The van der Waals surface area contributed by atoms with E-state index >= 15 is 0 Å². The van der Waals surface area contributed by atoms with Crippen LogP contribution in [0.2, 0.25) is 0 Å². The van der Waals surface area contributed by atoms with Gasteiger partial charge in [-0.2, -0.15) is 11.8 Å². The maximum Gasteiger partial charge on any atom is 0.326 e. The predicted octanol–water partition coefficient (Wildman–Crippen LogP) is -3.69. The molecule has 15 nitrogen and oxygen atoms in total. The molecule has 0 spiro atoms. The number of aliphatic imine (C=N–C) groups is 1. The number of carboxylic acids is 1. The Balaban J connectivity index is 5.51. The van der Waals surface area contributed by atoms with Gasteiger partial charge >= 0.3 is 5.97 Å². The molecule has 0 rings (SSSR count). The number of rotatable bonds is 18. The number of aliphatic hydroxyl groups is 1. The minimum absolute atomic E-state index is 0.0296. The zero-order valence-corrected chi connectivity index (χ0v) is 21.3. The fourth-order valence-corrected chi connectivity index (χ4v) is 3.37. The first-order valence-electron chi connectivity index (χ1n) is 11.2. The van der Waals surface area contributed by atoms with Gasteiger partial charge in [0.15, 0.2) is 5.96 Å². The van der Waals surface area contributed by atoms with Crippen LogP contribution in [0.3, 0.4) is 0 Å². The number of carbonyl (C=O) groups is 5. The van der Waals surface area contributed by atoms with Crippen molar-refractivity contribution in [2.75, 3.05) is 18.6 Å². The molecule has 0 aliphatic rings. The van der Waals surface area contributed by atoms with Crippen molar-refractivity contribution in [1.82, 2.24) is 16.0 Å². The number of thioether (sulfide) groups is 1. The lowest BCUT2D eigenvalue weighted by atomic mass is 10.1. The van der Waals surface area contributed by atoms with Gasteiger partial charge in [-0.15, -0.1) is 0 Å². The van der Waals surface area contributed by atoms with Gasteiger partial charge in [-0.3, -0.25) is 24.2 Å². The van der Waals surface area contributed by atoms with Crippen LogP contribution in [0.5, 0.6) is 0 Å². The topological polar surface area (TPSA) is 278 Å². The molecule has 0 saturated carbocycles. The van der Waals surface area contributed by atoms with E-state index in [4.69, 9.17) is 22.9 Å². The lowest BCUT2D eigenvalue weighted by Crippen LogP contribution is -2.59. The Morgan fingerprint density at radius 1 is 0.917 bits per heavy atom. The van der Waals surface area contributed by atoms with E-state index in [1.807, 2.05) is 0 Å². The van der Waals surface area contributed by atoms with Crippen molar-refractivity contribution in [2.24, 2.45) is 27.9 Å². The van der Waals surface area contributed by atoms with Crippen molar-refractivity contribution in [1.29, 1.82) is 0 Å². The molecule has 0 aromatic rings. The first-order valence-corrected chi connectivity index (χ1v) is 12.6. The smallest absolute Gasteiger partial charge is 0.326 e. The van der Waals surface area contributed by atoms with Crippen LogP contribution in [0.1, 0.15) is 39.0 Å². The Morgan fingerprint density at radius 2 is 1.53 bits per heavy atom. The summed E-state index contributed by atoms with van der Waals surface area (Å²) in [5.74, 6) is -4.06. The van der Waals surface area contributed by atoms with Crippen LogP contribution in [0, 0.1) is 0 Å². The number of carbonyl (C=O) groups excluding carboxylic acids is 4. The van der Waals surface area contributed by atoms with E-state index in [0.29, 0.717) is 5.75 Å². The minimum atomic E-state index is -1.49. The van der Waals surface area contributed by atoms with E-state index in [-0.39, 0.29) is 44.6 Å². The average Bonchev–Trinajstić information content (AvgIpc) is 2.79. The molecule has 0 aliphatic heterocycles. The second-order valence-corrected chi connectivity index (χ2v) is 9.01. The molecule has 0 heterocycles. The number of hydrogen-bond acceptors (Lipinski definition) is 9. The largest absolute Gasteiger partial charge is 0.480 e. The van der Waals surface area contributed by atoms with E-state index in [9.17, 15) is 34.2 Å². The highest BCUT2D eigenvalue weighted by atomic mass is 32.2. The summed E-state index contributed by atoms with van der Waals surface area (Å²) in [6.07, 6.45) is 0.627. The molecule has 0 fully saturated rings. The quantitative estimate of drug-likeness (QED) is 0.0468. The summed E-state index contributed by atoms with van der Waals surface area (Å²) < 4.78 is 0. The summed E-state index contributed by atoms with van der Waals surface area (Å²) in [4.78, 5) is 64.3. The molecule has 36 heavy (non-hydrogen) atoms. The van der Waals surface area contributed by atoms with Crippen molar-refractivity contribution >= 4 is 47.3 Å². The highest BCUT2D eigenvalue weighted by Gasteiger charge is 2.32. The SMILES string of the molecule is CSCCC(NC(=O)C(CCCN=C(N)N)NC(=O)C(NC(=O)C(N)CCC(N)=O)C(C)O)C(=O)O. The molecule has 0 radical (unpaired) electrons. The van der Waals surface area contributed by atoms with Gasteiger partial charge < -0.3 is 49.1 Å². The highest BCUT2D eigenvalue weighted by molar-refractivity contribution is 7.98. The van der Waals surface area contributed by atoms with E-state index in [1.165, 1.54) is 18.7 Å².